The summed E-state index contributed by atoms with van der Waals surface area (Å²) in [5.74, 6) is -1.17. The lowest BCUT2D eigenvalue weighted by Crippen LogP contribution is -2.30. The highest BCUT2D eigenvalue weighted by molar-refractivity contribution is 5.72. The second-order valence-corrected chi connectivity index (χ2v) is 3.59. The minimum Gasteiger partial charge on any atom is -0.481 e. The van der Waals surface area contributed by atoms with E-state index in [1.165, 1.54) is 0 Å². The van der Waals surface area contributed by atoms with Crippen LogP contribution >= 0.6 is 0 Å². The van der Waals surface area contributed by atoms with E-state index < -0.39 is 5.97 Å². The van der Waals surface area contributed by atoms with Gasteiger partial charge in [0.2, 0.25) is 0 Å². The zero-order valence-electron chi connectivity index (χ0n) is 9.52. The molecule has 0 aromatic rings. The van der Waals surface area contributed by atoms with Crippen molar-refractivity contribution < 1.29 is 19.4 Å². The van der Waals surface area contributed by atoms with Gasteiger partial charge in [0.1, 0.15) is 0 Å². The number of carbonyl (C=O) groups is 2. The third-order valence-corrected chi connectivity index (χ3v) is 2.01. The summed E-state index contributed by atoms with van der Waals surface area (Å²) in [6.45, 7) is 4.25. The summed E-state index contributed by atoms with van der Waals surface area (Å²) in [6.07, 6.45) is 0.739. The molecule has 0 fully saturated rings. The van der Waals surface area contributed by atoms with Gasteiger partial charge in [-0.2, -0.15) is 0 Å². The number of ether oxygens (including phenoxy) is 1. The first kappa shape index (κ1) is 13.9. The van der Waals surface area contributed by atoms with E-state index in [1.807, 2.05) is 13.8 Å². The van der Waals surface area contributed by atoms with Crippen LogP contribution in [0.1, 0.15) is 26.7 Å². The lowest BCUT2D eigenvalue weighted by Gasteiger charge is -2.16. The van der Waals surface area contributed by atoms with Crippen LogP contribution in [0.15, 0.2) is 0 Å². The minimum atomic E-state index is -0.864. The van der Waals surface area contributed by atoms with Gasteiger partial charge < -0.3 is 9.84 Å². The molecule has 0 aromatic heterocycles. The number of carboxylic acid groups (broad SMARTS) is 1. The molecule has 1 atom stereocenters. The van der Waals surface area contributed by atoms with Crippen LogP contribution in [0.25, 0.3) is 0 Å². The number of hydrogen-bond donors (Lipinski definition) is 1. The predicted molar refractivity (Wildman–Crippen MR) is 55.6 cm³/mol. The second kappa shape index (κ2) is 7.23. The van der Waals surface area contributed by atoms with Gasteiger partial charge in [0.15, 0.2) is 0 Å². The lowest BCUT2D eigenvalue weighted by atomic mass is 10.3. The molecule has 0 aromatic carbocycles. The quantitative estimate of drug-likeness (QED) is 0.637. The molecular weight excluding hydrogens is 198 g/mol. The third kappa shape index (κ3) is 7.93. The van der Waals surface area contributed by atoms with Crippen molar-refractivity contribution in [3.8, 4) is 0 Å². The Bertz CT molecular complexity index is 217. The van der Waals surface area contributed by atoms with Crippen LogP contribution < -0.4 is 0 Å². The van der Waals surface area contributed by atoms with Crippen molar-refractivity contribution in [1.82, 2.24) is 4.90 Å². The molecule has 1 unspecified atom stereocenters. The van der Waals surface area contributed by atoms with E-state index in [2.05, 4.69) is 0 Å². The first-order chi connectivity index (χ1) is 6.95. The molecule has 0 aliphatic rings. The summed E-state index contributed by atoms with van der Waals surface area (Å²) in [5, 5.41) is 8.44. The summed E-state index contributed by atoms with van der Waals surface area (Å²) >= 11 is 0. The van der Waals surface area contributed by atoms with E-state index in [4.69, 9.17) is 9.84 Å². The van der Waals surface area contributed by atoms with Crippen molar-refractivity contribution in [2.45, 2.75) is 32.8 Å². The maximum Gasteiger partial charge on any atom is 0.320 e. The number of esters is 1. The number of carboxylic acids is 1. The van der Waals surface area contributed by atoms with Gasteiger partial charge in [0.25, 0.3) is 0 Å². The van der Waals surface area contributed by atoms with Gasteiger partial charge in [0, 0.05) is 6.54 Å². The number of hydrogen-bond acceptors (Lipinski definition) is 4. The largest absolute Gasteiger partial charge is 0.481 e. The zero-order valence-corrected chi connectivity index (χ0v) is 9.52. The van der Waals surface area contributed by atoms with E-state index >= 15 is 0 Å². The fraction of sp³-hybridized carbons (Fsp3) is 0.800. The Labute approximate surface area is 90.0 Å². The molecule has 0 heterocycles. The van der Waals surface area contributed by atoms with Gasteiger partial charge >= 0.3 is 11.9 Å². The van der Waals surface area contributed by atoms with Gasteiger partial charge in [0.05, 0.1) is 19.1 Å². The van der Waals surface area contributed by atoms with E-state index in [0.29, 0.717) is 6.54 Å². The standard InChI is InChI=1S/C10H19NO4/c1-4-8(2)15-10(14)7-11(3)6-5-9(12)13/h8H,4-7H2,1-3H3,(H,12,13). The van der Waals surface area contributed by atoms with Crippen LogP contribution in [-0.2, 0) is 14.3 Å². The Balaban J connectivity index is 3.71. The number of likely N-dealkylation sites (N-methyl/N-ethyl adjacent to an activating group) is 1. The Morgan fingerprint density at radius 1 is 1.47 bits per heavy atom. The number of carbonyl (C=O) groups excluding carboxylic acids is 1. The second-order valence-electron chi connectivity index (χ2n) is 3.59. The monoisotopic (exact) mass is 217 g/mol. The molecular formula is C10H19NO4. The summed E-state index contributed by atoms with van der Waals surface area (Å²) in [5.41, 5.74) is 0. The highest BCUT2D eigenvalue weighted by Crippen LogP contribution is 1.97. The molecule has 88 valence electrons. The maximum absolute atomic E-state index is 11.3. The fourth-order valence-electron chi connectivity index (χ4n) is 0.931. The van der Waals surface area contributed by atoms with Gasteiger partial charge in [-0.3, -0.25) is 14.5 Å². The molecule has 0 saturated carbocycles. The third-order valence-electron chi connectivity index (χ3n) is 2.01. The number of aliphatic carboxylic acids is 1. The normalized spacial score (nSPS) is 12.5. The topological polar surface area (TPSA) is 66.8 Å². The molecule has 0 bridgehead atoms. The molecule has 15 heavy (non-hydrogen) atoms. The Hall–Kier alpha value is -1.10. The first-order valence-corrected chi connectivity index (χ1v) is 5.05. The number of rotatable bonds is 7. The molecule has 0 spiro atoms. The average Bonchev–Trinajstić information content (AvgIpc) is 2.14. The molecule has 1 N–H and O–H groups in total. The van der Waals surface area contributed by atoms with E-state index in [0.717, 1.165) is 6.42 Å². The van der Waals surface area contributed by atoms with Crippen LogP contribution in [0.4, 0.5) is 0 Å². The van der Waals surface area contributed by atoms with E-state index in [1.54, 1.807) is 11.9 Å². The first-order valence-electron chi connectivity index (χ1n) is 5.05. The predicted octanol–water partition coefficient (Wildman–Crippen LogP) is 0.735. The molecule has 0 rings (SSSR count). The molecule has 5 heteroatoms. The SMILES string of the molecule is CCC(C)OC(=O)CN(C)CCC(=O)O. The highest BCUT2D eigenvalue weighted by Gasteiger charge is 2.11. The summed E-state index contributed by atoms with van der Waals surface area (Å²) in [7, 11) is 1.70. The van der Waals surface area contributed by atoms with Crippen LogP contribution in [0.2, 0.25) is 0 Å². The average molecular weight is 217 g/mol. The maximum atomic E-state index is 11.3. The fourth-order valence-corrected chi connectivity index (χ4v) is 0.931. The molecule has 0 radical (unpaired) electrons. The van der Waals surface area contributed by atoms with Gasteiger partial charge in [-0.25, -0.2) is 0 Å². The molecule has 0 saturated heterocycles. The van der Waals surface area contributed by atoms with E-state index in [-0.39, 0.29) is 25.0 Å². The van der Waals surface area contributed by atoms with Crippen molar-refractivity contribution in [3.63, 3.8) is 0 Å². The Kier molecular flexibility index (Phi) is 6.70. The van der Waals surface area contributed by atoms with Crippen LogP contribution in [0.5, 0.6) is 0 Å². The zero-order chi connectivity index (χ0) is 11.8. The van der Waals surface area contributed by atoms with Crippen molar-refractivity contribution in [1.29, 1.82) is 0 Å². The summed E-state index contributed by atoms with van der Waals surface area (Å²) in [4.78, 5) is 23.2. The van der Waals surface area contributed by atoms with Gasteiger partial charge in [-0.1, -0.05) is 6.92 Å². The van der Waals surface area contributed by atoms with Crippen molar-refractivity contribution in [2.24, 2.45) is 0 Å². The van der Waals surface area contributed by atoms with E-state index in [9.17, 15) is 9.59 Å². The smallest absolute Gasteiger partial charge is 0.320 e. The van der Waals surface area contributed by atoms with Crippen molar-refractivity contribution in [2.75, 3.05) is 20.1 Å². The van der Waals surface area contributed by atoms with Crippen molar-refractivity contribution >= 4 is 11.9 Å². The molecule has 0 aliphatic carbocycles. The molecule has 0 aliphatic heterocycles. The van der Waals surface area contributed by atoms with Gasteiger partial charge in [-0.15, -0.1) is 0 Å². The Morgan fingerprint density at radius 2 is 2.07 bits per heavy atom. The summed E-state index contributed by atoms with van der Waals surface area (Å²) in [6, 6.07) is 0. The Morgan fingerprint density at radius 3 is 2.53 bits per heavy atom. The molecule has 0 amide bonds. The minimum absolute atomic E-state index is 0.0348. The van der Waals surface area contributed by atoms with Crippen LogP contribution in [0.3, 0.4) is 0 Å². The van der Waals surface area contributed by atoms with Gasteiger partial charge in [-0.05, 0) is 20.4 Å². The summed E-state index contributed by atoms with van der Waals surface area (Å²) < 4.78 is 5.05. The lowest BCUT2D eigenvalue weighted by molar-refractivity contribution is -0.150. The van der Waals surface area contributed by atoms with Crippen LogP contribution in [-0.4, -0.2) is 48.2 Å². The number of nitrogens with zero attached hydrogens (tertiary/aromatic N) is 1. The highest BCUT2D eigenvalue weighted by atomic mass is 16.5. The molecule has 5 nitrogen and oxygen atoms in total. The van der Waals surface area contributed by atoms with Crippen molar-refractivity contribution in [3.05, 3.63) is 0 Å². The van der Waals surface area contributed by atoms with Crippen LogP contribution in [0, 0.1) is 0 Å².